The molecule has 0 heterocycles. The van der Waals surface area contributed by atoms with Gasteiger partial charge in [-0.15, -0.1) is 0 Å². The van der Waals surface area contributed by atoms with Gasteiger partial charge < -0.3 is 15.4 Å². The van der Waals surface area contributed by atoms with Gasteiger partial charge in [-0.3, -0.25) is 4.90 Å². The fourth-order valence-electron chi connectivity index (χ4n) is 2.89. The van der Waals surface area contributed by atoms with Gasteiger partial charge in [0.2, 0.25) is 0 Å². The lowest BCUT2D eigenvalue weighted by atomic mass is 10.0. The maximum Gasteiger partial charge on any atom is 0.170 e. The van der Waals surface area contributed by atoms with Gasteiger partial charge in [-0.25, -0.2) is 4.39 Å². The van der Waals surface area contributed by atoms with E-state index in [0.717, 1.165) is 18.8 Å². The van der Waals surface area contributed by atoms with Gasteiger partial charge in [-0.1, -0.05) is 37.6 Å². The normalized spacial score (nSPS) is 11.9. The summed E-state index contributed by atoms with van der Waals surface area (Å²) >= 11 is 11.2. The first-order chi connectivity index (χ1) is 13.0. The Bertz CT molecular complexity index is 753. The van der Waals surface area contributed by atoms with Crippen LogP contribution in [0.3, 0.4) is 0 Å². The molecule has 0 saturated carbocycles. The van der Waals surface area contributed by atoms with Gasteiger partial charge in [0.05, 0.1) is 18.2 Å². The highest BCUT2D eigenvalue weighted by atomic mass is 35.5. The topological polar surface area (TPSA) is 36.5 Å². The van der Waals surface area contributed by atoms with Gasteiger partial charge in [0.25, 0.3) is 0 Å². The summed E-state index contributed by atoms with van der Waals surface area (Å²) in [7, 11) is 1.66. The molecule has 0 aliphatic rings. The van der Waals surface area contributed by atoms with Gasteiger partial charge >= 0.3 is 0 Å². The summed E-state index contributed by atoms with van der Waals surface area (Å²) in [4.78, 5) is 2.35. The van der Waals surface area contributed by atoms with Crippen LogP contribution >= 0.6 is 23.8 Å². The summed E-state index contributed by atoms with van der Waals surface area (Å²) < 4.78 is 18.5. The molecule has 0 bridgehead atoms. The maximum atomic E-state index is 13.3. The van der Waals surface area contributed by atoms with Crippen LogP contribution in [0.25, 0.3) is 0 Å². The van der Waals surface area contributed by atoms with Crippen LogP contribution in [-0.4, -0.2) is 36.8 Å². The van der Waals surface area contributed by atoms with Gasteiger partial charge in [-0.05, 0) is 61.2 Å². The Morgan fingerprint density at radius 1 is 1.19 bits per heavy atom. The van der Waals surface area contributed by atoms with E-state index in [4.69, 9.17) is 28.6 Å². The number of hydrogen-bond acceptors (Lipinski definition) is 3. The lowest BCUT2D eigenvalue weighted by Crippen LogP contribution is -2.39. The Hall–Kier alpha value is -1.89. The molecule has 7 heteroatoms. The second-order valence-corrected chi connectivity index (χ2v) is 6.79. The molecule has 0 amide bonds. The molecule has 0 aliphatic carbocycles. The molecule has 0 saturated heterocycles. The van der Waals surface area contributed by atoms with Crippen molar-refractivity contribution in [3.63, 3.8) is 0 Å². The third-order valence-corrected chi connectivity index (χ3v) is 4.92. The molecular formula is C20H25ClFN3OS. The molecule has 0 aliphatic heterocycles. The summed E-state index contributed by atoms with van der Waals surface area (Å²) in [6.45, 7) is 6.74. The number of ether oxygens (including phenoxy) is 1. The van der Waals surface area contributed by atoms with Crippen LogP contribution < -0.4 is 15.4 Å². The van der Waals surface area contributed by atoms with E-state index in [1.54, 1.807) is 13.2 Å². The average molecular weight is 410 g/mol. The molecule has 0 aromatic heterocycles. The monoisotopic (exact) mass is 409 g/mol. The molecule has 2 rings (SSSR count). The van der Waals surface area contributed by atoms with E-state index in [1.807, 2.05) is 12.1 Å². The van der Waals surface area contributed by atoms with Crippen LogP contribution in [-0.2, 0) is 0 Å². The molecule has 2 aromatic rings. The van der Waals surface area contributed by atoms with Crippen LogP contribution in [0.1, 0.15) is 25.5 Å². The molecule has 0 spiro atoms. The van der Waals surface area contributed by atoms with Crippen LogP contribution in [0.5, 0.6) is 5.75 Å². The Labute approximate surface area is 170 Å². The smallest absolute Gasteiger partial charge is 0.170 e. The van der Waals surface area contributed by atoms with Crippen molar-refractivity contribution in [3.05, 3.63) is 58.9 Å². The number of anilines is 1. The highest BCUT2D eigenvalue weighted by molar-refractivity contribution is 7.80. The van der Waals surface area contributed by atoms with Gasteiger partial charge in [0, 0.05) is 12.2 Å². The van der Waals surface area contributed by atoms with E-state index in [9.17, 15) is 4.39 Å². The van der Waals surface area contributed by atoms with Crippen molar-refractivity contribution < 1.29 is 9.13 Å². The number of halogens is 2. The number of nitrogens with zero attached hydrogens (tertiary/aromatic N) is 1. The Morgan fingerprint density at radius 2 is 1.85 bits per heavy atom. The summed E-state index contributed by atoms with van der Waals surface area (Å²) in [5.74, 6) is 0.373. The molecule has 2 aromatic carbocycles. The van der Waals surface area contributed by atoms with E-state index < -0.39 is 5.82 Å². The second kappa shape index (κ2) is 10.4. The predicted octanol–water partition coefficient (Wildman–Crippen LogP) is 4.86. The van der Waals surface area contributed by atoms with Gasteiger partial charge in [0.1, 0.15) is 11.6 Å². The zero-order chi connectivity index (χ0) is 19.8. The molecule has 2 N–H and O–H groups in total. The van der Waals surface area contributed by atoms with Crippen molar-refractivity contribution in [1.82, 2.24) is 10.2 Å². The van der Waals surface area contributed by atoms with Crippen molar-refractivity contribution in [1.29, 1.82) is 0 Å². The van der Waals surface area contributed by atoms with Crippen LogP contribution in [0.4, 0.5) is 10.1 Å². The molecular weight excluding hydrogens is 385 g/mol. The zero-order valence-electron chi connectivity index (χ0n) is 15.8. The Morgan fingerprint density at radius 3 is 2.41 bits per heavy atom. The maximum absolute atomic E-state index is 13.3. The number of likely N-dealkylation sites (N-methyl/N-ethyl adjacent to an activating group) is 1. The van der Waals surface area contributed by atoms with E-state index >= 15 is 0 Å². The molecule has 27 heavy (non-hydrogen) atoms. The second-order valence-electron chi connectivity index (χ2n) is 5.97. The van der Waals surface area contributed by atoms with Crippen LogP contribution in [0.15, 0.2) is 42.5 Å². The molecule has 0 radical (unpaired) electrons. The molecule has 1 unspecified atom stereocenters. The van der Waals surface area contributed by atoms with Crippen molar-refractivity contribution in [2.45, 2.75) is 19.9 Å². The summed E-state index contributed by atoms with van der Waals surface area (Å²) in [5, 5.41) is 6.81. The molecule has 146 valence electrons. The van der Waals surface area contributed by atoms with Crippen molar-refractivity contribution in [3.8, 4) is 5.75 Å². The number of nitrogens with one attached hydrogen (secondary N) is 2. The number of hydrogen-bond donors (Lipinski definition) is 2. The minimum atomic E-state index is -0.456. The summed E-state index contributed by atoms with van der Waals surface area (Å²) in [6, 6.07) is 12.6. The lowest BCUT2D eigenvalue weighted by Gasteiger charge is -2.30. The van der Waals surface area contributed by atoms with Crippen molar-refractivity contribution >= 4 is 34.6 Å². The van der Waals surface area contributed by atoms with Crippen LogP contribution in [0, 0.1) is 5.82 Å². The minimum Gasteiger partial charge on any atom is -0.497 e. The van der Waals surface area contributed by atoms with E-state index in [-0.39, 0.29) is 11.1 Å². The largest absolute Gasteiger partial charge is 0.497 e. The van der Waals surface area contributed by atoms with Crippen LogP contribution in [0.2, 0.25) is 5.02 Å². The fourth-order valence-corrected chi connectivity index (χ4v) is 3.27. The number of thiocarbonyl (C=S) groups is 1. The van der Waals surface area contributed by atoms with Gasteiger partial charge in [-0.2, -0.15) is 0 Å². The third-order valence-electron chi connectivity index (χ3n) is 4.39. The Balaban J connectivity index is 2.05. The summed E-state index contributed by atoms with van der Waals surface area (Å²) in [5.41, 5.74) is 1.82. The van der Waals surface area contributed by atoms with Crippen molar-refractivity contribution in [2.75, 3.05) is 32.1 Å². The molecule has 4 nitrogen and oxygen atoms in total. The fraction of sp³-hybridized carbons (Fsp3) is 0.350. The van der Waals surface area contributed by atoms with Crippen molar-refractivity contribution in [2.24, 2.45) is 0 Å². The highest BCUT2D eigenvalue weighted by Gasteiger charge is 2.18. The summed E-state index contributed by atoms with van der Waals surface area (Å²) in [6.07, 6.45) is 0. The molecule has 0 fully saturated rings. The Kier molecular flexibility index (Phi) is 8.28. The quantitative estimate of drug-likeness (QED) is 0.609. The van der Waals surface area contributed by atoms with Gasteiger partial charge in [0.15, 0.2) is 5.11 Å². The zero-order valence-corrected chi connectivity index (χ0v) is 17.3. The number of rotatable bonds is 8. The first-order valence-corrected chi connectivity index (χ1v) is 9.65. The third kappa shape index (κ3) is 6.06. The predicted molar refractivity (Wildman–Crippen MR) is 114 cm³/mol. The number of methoxy groups -OCH3 is 1. The first kappa shape index (κ1) is 21.4. The standard InChI is InChI=1S/C20H25ClFN3OS/c1-4-25(5-2)19(14-6-9-16(26-3)10-7-14)13-23-20(27)24-15-8-11-18(22)17(21)12-15/h6-12,19H,4-5,13H2,1-3H3,(H2,23,24,27). The number of benzene rings is 2. The highest BCUT2D eigenvalue weighted by Crippen LogP contribution is 2.23. The van der Waals surface area contributed by atoms with E-state index in [2.05, 4.69) is 41.5 Å². The first-order valence-electron chi connectivity index (χ1n) is 8.86. The SMILES string of the molecule is CCN(CC)C(CNC(=S)Nc1ccc(F)c(Cl)c1)c1ccc(OC)cc1. The van der Waals surface area contributed by atoms with E-state index in [0.29, 0.717) is 17.3 Å². The average Bonchev–Trinajstić information content (AvgIpc) is 2.68. The van der Waals surface area contributed by atoms with E-state index in [1.165, 1.54) is 17.7 Å². The molecule has 1 atom stereocenters. The minimum absolute atomic E-state index is 0.0575. The lowest BCUT2D eigenvalue weighted by molar-refractivity contribution is 0.219.